The van der Waals surface area contributed by atoms with Crippen LogP contribution in [-0.2, 0) is 4.79 Å². The number of anilines is 1. The van der Waals surface area contributed by atoms with Crippen LogP contribution in [0.2, 0.25) is 0 Å². The molecule has 0 unspecified atom stereocenters. The first-order valence-corrected chi connectivity index (χ1v) is 7.47. The molecule has 0 fully saturated rings. The number of H-pyrrole nitrogens is 1. The normalized spacial score (nSPS) is 10.5. The molecule has 2 aromatic rings. The average Bonchev–Trinajstić information content (AvgIpc) is 2.78. The molecule has 20 heavy (non-hydrogen) atoms. The van der Waals surface area contributed by atoms with Crippen LogP contribution < -0.4 is 10.9 Å². The topological polar surface area (TPSA) is 108 Å². The van der Waals surface area contributed by atoms with Gasteiger partial charge in [0, 0.05) is 5.38 Å². The minimum atomic E-state index is -0.420. The molecule has 0 saturated heterocycles. The van der Waals surface area contributed by atoms with Crippen molar-refractivity contribution in [3.63, 3.8) is 0 Å². The van der Waals surface area contributed by atoms with Crippen molar-refractivity contribution in [3.8, 4) is 5.88 Å². The number of nitrogens with one attached hydrogen (secondary N) is 2. The highest BCUT2D eigenvalue weighted by Crippen LogP contribution is 2.18. The molecule has 0 spiro atoms. The molecule has 3 N–H and O–H groups in total. The summed E-state index contributed by atoms with van der Waals surface area (Å²) in [6.45, 7) is 3.30. The molecule has 9 heteroatoms. The van der Waals surface area contributed by atoms with Gasteiger partial charge in [-0.1, -0.05) is 11.8 Å². The van der Waals surface area contributed by atoms with Crippen molar-refractivity contribution in [2.45, 2.75) is 19.0 Å². The zero-order chi connectivity index (χ0) is 14.7. The summed E-state index contributed by atoms with van der Waals surface area (Å²) in [7, 11) is 0. The molecule has 2 heterocycles. The number of hydrogen-bond donors (Lipinski definition) is 3. The minimum Gasteiger partial charge on any atom is -0.493 e. The van der Waals surface area contributed by atoms with Gasteiger partial charge in [0.2, 0.25) is 11.8 Å². The van der Waals surface area contributed by atoms with E-state index in [4.69, 9.17) is 0 Å². The summed E-state index contributed by atoms with van der Waals surface area (Å²) in [6, 6.07) is 0. The van der Waals surface area contributed by atoms with Crippen LogP contribution in [0.25, 0.3) is 0 Å². The zero-order valence-electron chi connectivity index (χ0n) is 10.8. The molecule has 0 aliphatic heterocycles. The number of hydrogen-bond acceptors (Lipinski definition) is 7. The highest BCUT2D eigenvalue weighted by molar-refractivity contribution is 7.99. The molecule has 2 aromatic heterocycles. The van der Waals surface area contributed by atoms with Gasteiger partial charge in [-0.15, -0.1) is 11.3 Å². The monoisotopic (exact) mass is 312 g/mol. The van der Waals surface area contributed by atoms with Crippen LogP contribution in [0.15, 0.2) is 15.3 Å². The molecule has 7 nitrogen and oxygen atoms in total. The van der Waals surface area contributed by atoms with Gasteiger partial charge in [-0.3, -0.25) is 9.59 Å². The number of carbonyl (C=O) groups excluding carboxylic acids is 1. The van der Waals surface area contributed by atoms with E-state index in [-0.39, 0.29) is 28.3 Å². The standard InChI is InChI=1S/C11H12N4O3S2/c1-5-3-19-10(12-5)13-7(16)4-20-11-14-8(17)6(2)9(18)15-11/h3H,4H2,1-2H3,(H,12,13,16)(H2,14,15,17,18). The van der Waals surface area contributed by atoms with E-state index in [0.29, 0.717) is 5.13 Å². The Bertz CT molecular complexity index is 695. The van der Waals surface area contributed by atoms with Gasteiger partial charge in [0.15, 0.2) is 10.3 Å². The molecule has 0 aromatic carbocycles. The lowest BCUT2D eigenvalue weighted by atomic mass is 10.4. The van der Waals surface area contributed by atoms with Crippen LogP contribution in [-0.4, -0.2) is 31.7 Å². The van der Waals surface area contributed by atoms with Crippen molar-refractivity contribution in [3.05, 3.63) is 27.0 Å². The van der Waals surface area contributed by atoms with Crippen LogP contribution in [0.4, 0.5) is 5.13 Å². The molecule has 2 rings (SSSR count). The largest absolute Gasteiger partial charge is 0.493 e. The number of aromatic hydroxyl groups is 1. The zero-order valence-corrected chi connectivity index (χ0v) is 12.4. The number of rotatable bonds is 4. The predicted molar refractivity (Wildman–Crippen MR) is 77.5 cm³/mol. The quantitative estimate of drug-likeness (QED) is 0.580. The van der Waals surface area contributed by atoms with Crippen LogP contribution >= 0.6 is 23.1 Å². The SMILES string of the molecule is Cc1csc(NC(=O)CSc2nc(O)c(C)c(=O)[nH]2)n1. The number of thiazole rings is 1. The van der Waals surface area contributed by atoms with Gasteiger partial charge in [0.25, 0.3) is 5.56 Å². The number of aromatic nitrogens is 3. The molecule has 0 aliphatic carbocycles. The minimum absolute atomic E-state index is 0.0596. The van der Waals surface area contributed by atoms with Crippen molar-refractivity contribution in [2.24, 2.45) is 0 Å². The molecule has 0 radical (unpaired) electrons. The van der Waals surface area contributed by atoms with E-state index in [9.17, 15) is 14.7 Å². The fraction of sp³-hybridized carbons (Fsp3) is 0.273. The van der Waals surface area contributed by atoms with Gasteiger partial charge >= 0.3 is 0 Å². The molecular formula is C11H12N4O3S2. The maximum Gasteiger partial charge on any atom is 0.258 e. The van der Waals surface area contributed by atoms with E-state index < -0.39 is 5.56 Å². The third-order valence-corrected chi connectivity index (χ3v) is 4.06. The van der Waals surface area contributed by atoms with Crippen LogP contribution in [0.5, 0.6) is 5.88 Å². The Morgan fingerprint density at radius 3 is 2.85 bits per heavy atom. The molecule has 0 atom stereocenters. The lowest BCUT2D eigenvalue weighted by Crippen LogP contribution is -2.16. The number of aromatic amines is 1. The van der Waals surface area contributed by atoms with Gasteiger partial charge < -0.3 is 15.4 Å². The molecule has 0 bridgehead atoms. The van der Waals surface area contributed by atoms with Gasteiger partial charge in [0.05, 0.1) is 17.0 Å². The lowest BCUT2D eigenvalue weighted by Gasteiger charge is -2.03. The number of thioether (sulfide) groups is 1. The lowest BCUT2D eigenvalue weighted by molar-refractivity contribution is -0.113. The number of nitrogens with zero attached hydrogens (tertiary/aromatic N) is 2. The Morgan fingerprint density at radius 2 is 2.25 bits per heavy atom. The van der Waals surface area contributed by atoms with Gasteiger partial charge in [-0.05, 0) is 13.8 Å². The summed E-state index contributed by atoms with van der Waals surface area (Å²) in [5.74, 6) is -0.524. The van der Waals surface area contributed by atoms with Crippen LogP contribution in [0, 0.1) is 13.8 Å². The maximum atomic E-state index is 11.7. The Labute approximate surface area is 122 Å². The molecule has 1 amide bonds. The second-order valence-corrected chi connectivity index (χ2v) is 5.77. The summed E-state index contributed by atoms with van der Waals surface area (Å²) in [6.07, 6.45) is 0. The van der Waals surface area contributed by atoms with E-state index in [0.717, 1.165) is 17.5 Å². The Morgan fingerprint density at radius 1 is 1.50 bits per heavy atom. The van der Waals surface area contributed by atoms with Gasteiger partial charge in [-0.25, -0.2) is 4.98 Å². The molecule has 0 aliphatic rings. The van der Waals surface area contributed by atoms with Crippen LogP contribution in [0.3, 0.4) is 0 Å². The fourth-order valence-corrected chi connectivity index (χ4v) is 2.63. The molecule has 106 valence electrons. The first-order valence-electron chi connectivity index (χ1n) is 5.60. The second kappa shape index (κ2) is 6.06. The first-order chi connectivity index (χ1) is 9.45. The van der Waals surface area contributed by atoms with Crippen molar-refractivity contribution in [2.75, 3.05) is 11.1 Å². The molecular weight excluding hydrogens is 300 g/mol. The van der Waals surface area contributed by atoms with Gasteiger partial charge in [0.1, 0.15) is 0 Å². The summed E-state index contributed by atoms with van der Waals surface area (Å²) in [4.78, 5) is 33.5. The third-order valence-electron chi connectivity index (χ3n) is 2.31. The highest BCUT2D eigenvalue weighted by atomic mass is 32.2. The summed E-state index contributed by atoms with van der Waals surface area (Å²) < 4.78 is 0. The third kappa shape index (κ3) is 3.58. The smallest absolute Gasteiger partial charge is 0.258 e. The van der Waals surface area contributed by atoms with Gasteiger partial charge in [-0.2, -0.15) is 4.98 Å². The number of carbonyl (C=O) groups is 1. The van der Waals surface area contributed by atoms with E-state index in [1.165, 1.54) is 18.3 Å². The Hall–Kier alpha value is -1.87. The van der Waals surface area contributed by atoms with Crippen molar-refractivity contribution >= 4 is 34.1 Å². The first kappa shape index (κ1) is 14.5. The van der Waals surface area contributed by atoms with Crippen molar-refractivity contribution in [1.29, 1.82) is 0 Å². The average molecular weight is 312 g/mol. The second-order valence-electron chi connectivity index (χ2n) is 3.95. The van der Waals surface area contributed by atoms with E-state index >= 15 is 0 Å². The Kier molecular flexibility index (Phi) is 4.40. The predicted octanol–water partition coefficient (Wildman–Crippen LogP) is 1.28. The molecule has 0 saturated carbocycles. The van der Waals surface area contributed by atoms with E-state index in [2.05, 4.69) is 20.3 Å². The Balaban J connectivity index is 1.95. The van der Waals surface area contributed by atoms with Crippen LogP contribution in [0.1, 0.15) is 11.3 Å². The summed E-state index contributed by atoms with van der Waals surface area (Å²) >= 11 is 2.37. The number of amides is 1. The van der Waals surface area contributed by atoms with Crippen molar-refractivity contribution in [1.82, 2.24) is 15.0 Å². The maximum absolute atomic E-state index is 11.7. The van der Waals surface area contributed by atoms with Crippen molar-refractivity contribution < 1.29 is 9.90 Å². The fourth-order valence-electron chi connectivity index (χ4n) is 1.27. The van der Waals surface area contributed by atoms with E-state index in [1.54, 1.807) is 0 Å². The summed E-state index contributed by atoms with van der Waals surface area (Å²) in [5, 5.41) is 14.6. The number of aryl methyl sites for hydroxylation is 1. The summed E-state index contributed by atoms with van der Waals surface area (Å²) in [5.41, 5.74) is 0.570. The van der Waals surface area contributed by atoms with E-state index in [1.807, 2.05) is 12.3 Å². The highest BCUT2D eigenvalue weighted by Gasteiger charge is 2.10.